The van der Waals surface area contributed by atoms with E-state index in [2.05, 4.69) is 10.5 Å². The molecule has 0 saturated heterocycles. The van der Waals surface area contributed by atoms with Crippen LogP contribution in [0.3, 0.4) is 0 Å². The molecule has 0 saturated carbocycles. The highest BCUT2D eigenvalue weighted by Gasteiger charge is 2.18. The largest absolute Gasteiger partial charge is 0.355 e. The Hall–Kier alpha value is -2.51. The second-order valence-electron chi connectivity index (χ2n) is 5.79. The molecular formula is C18H18FN3O2S. The van der Waals surface area contributed by atoms with Gasteiger partial charge in [0.15, 0.2) is 11.5 Å². The highest BCUT2D eigenvalue weighted by Crippen LogP contribution is 2.25. The number of aromatic nitrogens is 1. The Morgan fingerprint density at radius 1 is 1.32 bits per heavy atom. The van der Waals surface area contributed by atoms with E-state index >= 15 is 0 Å². The monoisotopic (exact) mass is 359 g/mol. The Morgan fingerprint density at radius 2 is 2.08 bits per heavy atom. The first-order valence-electron chi connectivity index (χ1n) is 7.75. The van der Waals surface area contributed by atoms with E-state index in [1.807, 2.05) is 36.5 Å². The minimum Gasteiger partial charge on any atom is -0.355 e. The number of nitrogens with one attached hydrogen (secondary N) is 1. The fourth-order valence-corrected chi connectivity index (χ4v) is 3.15. The molecule has 0 spiro atoms. The van der Waals surface area contributed by atoms with Crippen LogP contribution in [0, 0.1) is 5.82 Å². The fraction of sp³-hybridized carbons (Fsp3) is 0.222. The summed E-state index contributed by atoms with van der Waals surface area (Å²) < 4.78 is 18.3. The van der Waals surface area contributed by atoms with Crippen molar-refractivity contribution < 1.29 is 13.7 Å². The smallest absolute Gasteiger partial charge is 0.273 e. The van der Waals surface area contributed by atoms with Crippen molar-refractivity contribution in [1.29, 1.82) is 0 Å². The van der Waals surface area contributed by atoms with Crippen LogP contribution in [-0.2, 0) is 0 Å². The van der Waals surface area contributed by atoms with E-state index in [1.54, 1.807) is 18.2 Å². The lowest BCUT2D eigenvalue weighted by Gasteiger charge is -2.25. The molecule has 5 nitrogen and oxygen atoms in total. The number of carbonyl (C=O) groups excluding carboxylic acids is 1. The Labute approximate surface area is 149 Å². The van der Waals surface area contributed by atoms with Gasteiger partial charge in [-0.3, -0.25) is 4.79 Å². The first kappa shape index (κ1) is 17.3. The van der Waals surface area contributed by atoms with Crippen molar-refractivity contribution in [3.05, 3.63) is 64.9 Å². The number of rotatable bonds is 6. The van der Waals surface area contributed by atoms with Gasteiger partial charge in [0.1, 0.15) is 5.82 Å². The average molecular weight is 359 g/mol. The first-order chi connectivity index (χ1) is 12.0. The van der Waals surface area contributed by atoms with Crippen LogP contribution in [0.15, 0.2) is 52.4 Å². The molecule has 1 atom stereocenters. The summed E-state index contributed by atoms with van der Waals surface area (Å²) in [5, 5.41) is 8.63. The SMILES string of the molecule is CN(C)C(CNC(=O)c1cc(-c2cccs2)on1)c1ccc(F)cc1. The van der Waals surface area contributed by atoms with Crippen LogP contribution < -0.4 is 5.32 Å². The molecular weight excluding hydrogens is 341 g/mol. The van der Waals surface area contributed by atoms with Crippen molar-refractivity contribution in [3.8, 4) is 10.6 Å². The van der Waals surface area contributed by atoms with Crippen LogP contribution in [0.2, 0.25) is 0 Å². The molecule has 2 heterocycles. The number of amides is 1. The second-order valence-corrected chi connectivity index (χ2v) is 6.74. The maximum atomic E-state index is 13.1. The van der Waals surface area contributed by atoms with Crippen molar-refractivity contribution in [2.45, 2.75) is 6.04 Å². The summed E-state index contributed by atoms with van der Waals surface area (Å²) in [6.45, 7) is 0.374. The molecule has 0 aliphatic carbocycles. The summed E-state index contributed by atoms with van der Waals surface area (Å²) in [5.74, 6) is -0.0163. The number of likely N-dealkylation sites (N-methyl/N-ethyl adjacent to an activating group) is 1. The van der Waals surface area contributed by atoms with Gasteiger partial charge in [-0.15, -0.1) is 11.3 Å². The molecule has 0 radical (unpaired) electrons. The summed E-state index contributed by atoms with van der Waals surface area (Å²) in [6.07, 6.45) is 0. The summed E-state index contributed by atoms with van der Waals surface area (Å²) >= 11 is 1.52. The third-order valence-electron chi connectivity index (χ3n) is 3.84. The predicted octanol–water partition coefficient (Wildman–Crippen LogP) is 3.57. The molecule has 3 rings (SSSR count). The van der Waals surface area contributed by atoms with Crippen molar-refractivity contribution >= 4 is 17.2 Å². The lowest BCUT2D eigenvalue weighted by Crippen LogP contribution is -2.34. The molecule has 3 aromatic rings. The predicted molar refractivity (Wildman–Crippen MR) is 95.0 cm³/mol. The molecule has 7 heteroatoms. The van der Waals surface area contributed by atoms with E-state index in [1.165, 1.54) is 23.5 Å². The quantitative estimate of drug-likeness (QED) is 0.731. The molecule has 0 aliphatic heterocycles. The standard InChI is InChI=1S/C18H18FN3O2S/c1-22(2)15(12-5-7-13(19)8-6-12)11-20-18(23)14-10-16(24-21-14)17-4-3-9-25-17/h3-10,15H,11H2,1-2H3,(H,20,23). The van der Waals surface area contributed by atoms with Crippen molar-refractivity contribution in [1.82, 2.24) is 15.4 Å². The topological polar surface area (TPSA) is 58.4 Å². The third-order valence-corrected chi connectivity index (χ3v) is 4.73. The minimum atomic E-state index is -0.305. The van der Waals surface area contributed by atoms with E-state index in [0.717, 1.165) is 10.4 Å². The number of hydrogen-bond acceptors (Lipinski definition) is 5. The number of thiophene rings is 1. The fourth-order valence-electron chi connectivity index (χ4n) is 2.48. The number of halogens is 1. The van der Waals surface area contributed by atoms with Crippen molar-refractivity contribution in [2.24, 2.45) is 0 Å². The van der Waals surface area contributed by atoms with Gasteiger partial charge >= 0.3 is 0 Å². The molecule has 0 fully saturated rings. The first-order valence-corrected chi connectivity index (χ1v) is 8.63. The Bertz CT molecular complexity index is 828. The minimum absolute atomic E-state index is 0.0757. The molecule has 130 valence electrons. The maximum Gasteiger partial charge on any atom is 0.273 e. The van der Waals surface area contributed by atoms with Gasteiger partial charge in [0.25, 0.3) is 5.91 Å². The number of carbonyl (C=O) groups is 1. The summed E-state index contributed by atoms with van der Waals surface area (Å²) in [5.41, 5.74) is 1.16. The van der Waals surface area contributed by atoms with Crippen LogP contribution in [0.4, 0.5) is 4.39 Å². The number of nitrogens with zero attached hydrogens (tertiary/aromatic N) is 2. The molecule has 0 aliphatic rings. The highest BCUT2D eigenvalue weighted by atomic mass is 32.1. The van der Waals surface area contributed by atoms with Gasteiger partial charge in [0, 0.05) is 12.6 Å². The van der Waals surface area contributed by atoms with E-state index < -0.39 is 0 Å². The number of hydrogen-bond donors (Lipinski definition) is 1. The van der Waals surface area contributed by atoms with Gasteiger partial charge in [-0.25, -0.2) is 4.39 Å². The summed E-state index contributed by atoms with van der Waals surface area (Å²) in [6, 6.07) is 11.6. The molecule has 1 aromatic carbocycles. The van der Waals surface area contributed by atoms with E-state index in [-0.39, 0.29) is 23.5 Å². The lowest BCUT2D eigenvalue weighted by molar-refractivity contribution is 0.0933. The van der Waals surface area contributed by atoms with Crippen LogP contribution in [-0.4, -0.2) is 36.6 Å². The highest BCUT2D eigenvalue weighted by molar-refractivity contribution is 7.13. The van der Waals surface area contributed by atoms with Gasteiger partial charge < -0.3 is 14.7 Å². The molecule has 1 N–H and O–H groups in total. The Kier molecular flexibility index (Phi) is 5.25. The lowest BCUT2D eigenvalue weighted by atomic mass is 10.1. The van der Waals surface area contributed by atoms with Crippen molar-refractivity contribution in [2.75, 3.05) is 20.6 Å². The van der Waals surface area contributed by atoms with Gasteiger partial charge in [0.2, 0.25) is 0 Å². The molecule has 0 bridgehead atoms. The average Bonchev–Trinajstić information content (AvgIpc) is 3.27. The van der Waals surface area contributed by atoms with Gasteiger partial charge in [-0.2, -0.15) is 0 Å². The van der Waals surface area contributed by atoms with Crippen LogP contribution in [0.5, 0.6) is 0 Å². The van der Waals surface area contributed by atoms with Gasteiger partial charge in [-0.1, -0.05) is 23.4 Å². The van der Waals surface area contributed by atoms with E-state index in [0.29, 0.717) is 12.3 Å². The summed E-state index contributed by atoms with van der Waals surface area (Å²) in [7, 11) is 3.82. The number of benzene rings is 1. The molecule has 1 amide bonds. The van der Waals surface area contributed by atoms with Gasteiger partial charge in [-0.05, 0) is 43.2 Å². The van der Waals surface area contributed by atoms with Crippen LogP contribution in [0.25, 0.3) is 10.6 Å². The second kappa shape index (κ2) is 7.58. The Morgan fingerprint density at radius 3 is 2.72 bits per heavy atom. The van der Waals surface area contributed by atoms with Crippen LogP contribution >= 0.6 is 11.3 Å². The zero-order chi connectivity index (χ0) is 17.8. The zero-order valence-electron chi connectivity index (χ0n) is 13.9. The Balaban J connectivity index is 1.66. The normalized spacial score (nSPS) is 12.3. The third kappa shape index (κ3) is 4.12. The van der Waals surface area contributed by atoms with Crippen LogP contribution in [0.1, 0.15) is 22.1 Å². The van der Waals surface area contributed by atoms with Crippen molar-refractivity contribution in [3.63, 3.8) is 0 Å². The zero-order valence-corrected chi connectivity index (χ0v) is 14.7. The molecule has 1 unspecified atom stereocenters. The molecule has 25 heavy (non-hydrogen) atoms. The van der Waals surface area contributed by atoms with Gasteiger partial charge in [0.05, 0.1) is 10.9 Å². The maximum absolute atomic E-state index is 13.1. The molecule has 2 aromatic heterocycles. The summed E-state index contributed by atoms with van der Waals surface area (Å²) in [4.78, 5) is 15.2. The van der Waals surface area contributed by atoms with E-state index in [4.69, 9.17) is 4.52 Å². The van der Waals surface area contributed by atoms with E-state index in [9.17, 15) is 9.18 Å².